The molecule has 0 amide bonds. The van der Waals surface area contributed by atoms with Crippen LogP contribution in [-0.4, -0.2) is 12.0 Å². The van der Waals surface area contributed by atoms with Gasteiger partial charge in [-0.1, -0.05) is 29.8 Å². The van der Waals surface area contributed by atoms with Crippen molar-refractivity contribution in [2.45, 2.75) is 20.0 Å². The summed E-state index contributed by atoms with van der Waals surface area (Å²) in [5.41, 5.74) is 0.795. The molecular weight excluding hydrogens is 405 g/mol. The van der Waals surface area contributed by atoms with Crippen LogP contribution in [0.15, 0.2) is 58.8 Å². The van der Waals surface area contributed by atoms with Crippen molar-refractivity contribution in [3.8, 4) is 6.07 Å². The molecule has 1 heterocycles. The maximum Gasteiger partial charge on any atom is 0.418 e. The van der Waals surface area contributed by atoms with E-state index < -0.39 is 11.7 Å². The number of azo groups is 1. The number of hydrogen-bond acceptors (Lipinski definition) is 6. The molecule has 0 aliphatic heterocycles. The molecule has 0 spiro atoms. The largest absolute Gasteiger partial charge is 0.418 e. The minimum absolute atomic E-state index is 0.174. The Labute approximate surface area is 177 Å². The van der Waals surface area contributed by atoms with Gasteiger partial charge in [0.25, 0.3) is 0 Å². The van der Waals surface area contributed by atoms with Gasteiger partial charge >= 0.3 is 6.18 Å². The van der Waals surface area contributed by atoms with E-state index in [0.29, 0.717) is 22.6 Å². The van der Waals surface area contributed by atoms with Gasteiger partial charge in [-0.05, 0) is 38.1 Å². The molecule has 3 rings (SSSR count). The first-order valence-corrected chi connectivity index (χ1v) is 9.28. The van der Waals surface area contributed by atoms with E-state index in [9.17, 15) is 18.4 Å². The highest BCUT2D eigenvalue weighted by atomic mass is 19.4. The molecule has 158 valence electrons. The van der Waals surface area contributed by atoms with E-state index in [1.54, 1.807) is 33.0 Å². The third kappa shape index (κ3) is 4.80. The van der Waals surface area contributed by atoms with Crippen molar-refractivity contribution < 1.29 is 13.2 Å². The first-order chi connectivity index (χ1) is 14.7. The second-order valence-corrected chi connectivity index (χ2v) is 6.73. The van der Waals surface area contributed by atoms with E-state index in [1.165, 1.54) is 12.1 Å². The van der Waals surface area contributed by atoms with Crippen LogP contribution in [-0.2, 0) is 6.18 Å². The van der Waals surface area contributed by atoms with Crippen LogP contribution in [0.25, 0.3) is 0 Å². The van der Waals surface area contributed by atoms with Crippen molar-refractivity contribution in [2.75, 3.05) is 17.7 Å². The van der Waals surface area contributed by atoms with Crippen LogP contribution >= 0.6 is 0 Å². The average molecular weight is 424 g/mol. The standard InChI is InChI=1S/C22H19F3N6/c1-13-9-10-18(17(11-13)22(23,24)25)30-31-19-14(2)16(12-26)20(27-3)29-21(19)28-15-7-5-4-6-8-15/h4-11H,1-3H3,(H2,27,28,29). The molecule has 1 aromatic heterocycles. The Morgan fingerprint density at radius 2 is 1.71 bits per heavy atom. The number of nitrogens with zero attached hydrogens (tertiary/aromatic N) is 4. The third-order valence-electron chi connectivity index (χ3n) is 4.52. The molecule has 31 heavy (non-hydrogen) atoms. The Hall–Kier alpha value is -3.93. The fraction of sp³-hybridized carbons (Fsp3) is 0.182. The Kier molecular flexibility index (Phi) is 6.20. The minimum atomic E-state index is -4.58. The molecule has 6 nitrogen and oxygen atoms in total. The first-order valence-electron chi connectivity index (χ1n) is 9.28. The summed E-state index contributed by atoms with van der Waals surface area (Å²) < 4.78 is 40.3. The lowest BCUT2D eigenvalue weighted by Gasteiger charge is -2.14. The SMILES string of the molecule is CNc1nc(Nc2ccccc2)c(N=Nc2ccc(C)cc2C(F)(F)F)c(C)c1C#N. The van der Waals surface area contributed by atoms with Crippen LogP contribution in [0.2, 0.25) is 0 Å². The van der Waals surface area contributed by atoms with Crippen molar-refractivity contribution in [3.63, 3.8) is 0 Å². The fourth-order valence-corrected chi connectivity index (χ4v) is 2.95. The van der Waals surface area contributed by atoms with E-state index in [0.717, 1.165) is 6.07 Å². The Morgan fingerprint density at radius 3 is 2.32 bits per heavy atom. The molecule has 0 saturated heterocycles. The number of benzene rings is 2. The summed E-state index contributed by atoms with van der Waals surface area (Å²) in [5.74, 6) is 0.583. The van der Waals surface area contributed by atoms with E-state index in [1.807, 2.05) is 18.2 Å². The molecule has 0 aliphatic carbocycles. The third-order valence-corrected chi connectivity index (χ3v) is 4.52. The van der Waals surface area contributed by atoms with Crippen LogP contribution in [0.5, 0.6) is 0 Å². The van der Waals surface area contributed by atoms with Gasteiger partial charge in [0, 0.05) is 18.3 Å². The zero-order valence-corrected chi connectivity index (χ0v) is 17.0. The maximum atomic E-state index is 13.4. The number of anilines is 3. The first kappa shape index (κ1) is 21.8. The van der Waals surface area contributed by atoms with Crippen molar-refractivity contribution >= 4 is 28.7 Å². The molecule has 0 unspecified atom stereocenters. The summed E-state index contributed by atoms with van der Waals surface area (Å²) in [7, 11) is 1.62. The van der Waals surface area contributed by atoms with Gasteiger partial charge in [0.05, 0.1) is 16.8 Å². The summed E-state index contributed by atoms with van der Waals surface area (Å²) >= 11 is 0. The number of aryl methyl sites for hydroxylation is 1. The number of nitrogens with one attached hydrogen (secondary N) is 2. The zero-order valence-electron chi connectivity index (χ0n) is 17.0. The minimum Gasteiger partial charge on any atom is -0.372 e. The van der Waals surface area contributed by atoms with Crippen LogP contribution in [0, 0.1) is 25.2 Å². The topological polar surface area (TPSA) is 85.5 Å². The number of alkyl halides is 3. The van der Waals surface area contributed by atoms with Crippen LogP contribution in [0.4, 0.5) is 41.9 Å². The van der Waals surface area contributed by atoms with Gasteiger partial charge in [-0.2, -0.15) is 18.4 Å². The molecule has 3 aromatic rings. The number of aromatic nitrogens is 1. The summed E-state index contributed by atoms with van der Waals surface area (Å²) in [6, 6.07) is 15.0. The molecule has 0 aliphatic rings. The second-order valence-electron chi connectivity index (χ2n) is 6.73. The van der Waals surface area contributed by atoms with Gasteiger partial charge in [-0.25, -0.2) is 4.98 Å². The summed E-state index contributed by atoms with van der Waals surface area (Å²) in [5, 5.41) is 23.4. The van der Waals surface area contributed by atoms with E-state index in [-0.39, 0.29) is 22.8 Å². The molecule has 2 aromatic carbocycles. The van der Waals surface area contributed by atoms with Crippen molar-refractivity contribution in [2.24, 2.45) is 10.2 Å². The molecule has 9 heteroatoms. The summed E-state index contributed by atoms with van der Waals surface area (Å²) in [4.78, 5) is 4.39. The Bertz CT molecular complexity index is 1160. The average Bonchev–Trinajstić information content (AvgIpc) is 2.74. The molecular formula is C22H19F3N6. The monoisotopic (exact) mass is 424 g/mol. The molecule has 0 saturated carbocycles. The second kappa shape index (κ2) is 8.83. The number of nitriles is 1. The highest BCUT2D eigenvalue weighted by Gasteiger charge is 2.33. The van der Waals surface area contributed by atoms with Crippen molar-refractivity contribution in [1.82, 2.24) is 4.98 Å². The highest BCUT2D eigenvalue weighted by molar-refractivity contribution is 5.77. The predicted octanol–water partition coefficient (Wildman–Crippen LogP) is 6.79. The Balaban J connectivity index is 2.15. The van der Waals surface area contributed by atoms with Gasteiger partial charge in [-0.3, -0.25) is 0 Å². The smallest absolute Gasteiger partial charge is 0.372 e. The van der Waals surface area contributed by atoms with Crippen LogP contribution in [0.3, 0.4) is 0 Å². The van der Waals surface area contributed by atoms with Crippen LogP contribution < -0.4 is 10.6 Å². The van der Waals surface area contributed by atoms with Gasteiger partial charge in [0.2, 0.25) is 0 Å². The van der Waals surface area contributed by atoms with Gasteiger partial charge in [-0.15, -0.1) is 10.2 Å². The van der Waals surface area contributed by atoms with Crippen molar-refractivity contribution in [1.29, 1.82) is 5.26 Å². The number of rotatable bonds is 5. The van der Waals surface area contributed by atoms with Gasteiger partial charge < -0.3 is 10.6 Å². The molecule has 0 atom stereocenters. The van der Waals surface area contributed by atoms with Gasteiger partial charge in [0.1, 0.15) is 17.6 Å². The van der Waals surface area contributed by atoms with E-state index in [2.05, 4.69) is 31.9 Å². The lowest BCUT2D eigenvalue weighted by atomic mass is 10.1. The lowest BCUT2D eigenvalue weighted by Crippen LogP contribution is -2.05. The zero-order chi connectivity index (χ0) is 22.6. The fourth-order valence-electron chi connectivity index (χ4n) is 2.95. The number of halogens is 3. The molecule has 0 radical (unpaired) electrons. The number of para-hydroxylation sites is 1. The van der Waals surface area contributed by atoms with Crippen LogP contribution in [0.1, 0.15) is 22.3 Å². The van der Waals surface area contributed by atoms with E-state index in [4.69, 9.17) is 0 Å². The summed E-state index contributed by atoms with van der Waals surface area (Å²) in [6.07, 6.45) is -4.58. The number of hydrogen-bond donors (Lipinski definition) is 2. The summed E-state index contributed by atoms with van der Waals surface area (Å²) in [6.45, 7) is 3.22. The van der Waals surface area contributed by atoms with Crippen molar-refractivity contribution in [3.05, 3.63) is 70.8 Å². The molecule has 0 fully saturated rings. The highest BCUT2D eigenvalue weighted by Crippen LogP contribution is 2.40. The maximum absolute atomic E-state index is 13.4. The van der Waals surface area contributed by atoms with Gasteiger partial charge in [0.15, 0.2) is 5.82 Å². The number of pyridine rings is 1. The van der Waals surface area contributed by atoms with E-state index >= 15 is 0 Å². The molecule has 0 bridgehead atoms. The Morgan fingerprint density at radius 1 is 1.00 bits per heavy atom. The normalized spacial score (nSPS) is 11.4. The lowest BCUT2D eigenvalue weighted by molar-refractivity contribution is -0.137. The predicted molar refractivity (Wildman–Crippen MR) is 113 cm³/mol. The molecule has 2 N–H and O–H groups in total. The quantitative estimate of drug-likeness (QED) is 0.442.